The Kier molecular flexibility index (Phi) is 5.43. The van der Waals surface area contributed by atoms with Gasteiger partial charge in [-0.1, -0.05) is 34.5 Å². The van der Waals surface area contributed by atoms with Crippen molar-refractivity contribution in [2.75, 3.05) is 5.32 Å². The average molecular weight is 429 g/mol. The zero-order valence-electron chi connectivity index (χ0n) is 15.9. The van der Waals surface area contributed by atoms with Crippen molar-refractivity contribution >= 4 is 33.4 Å². The van der Waals surface area contributed by atoms with Gasteiger partial charge in [0.2, 0.25) is 5.91 Å². The molecule has 0 spiro atoms. The number of carbonyl (C=O) groups is 2. The quantitative estimate of drug-likeness (QED) is 0.716. The SMILES string of the molecule is CC(C)(C)NC(=O)c1ccc(NC(=O)C2(c3ccc(Br)cc3)CCC2)cc1. The van der Waals surface area contributed by atoms with Gasteiger partial charge in [-0.05, 0) is 75.6 Å². The Balaban J connectivity index is 1.72. The van der Waals surface area contributed by atoms with Gasteiger partial charge in [-0.3, -0.25) is 9.59 Å². The molecule has 142 valence electrons. The van der Waals surface area contributed by atoms with Gasteiger partial charge in [-0.2, -0.15) is 0 Å². The van der Waals surface area contributed by atoms with Crippen LogP contribution in [-0.2, 0) is 10.2 Å². The molecule has 1 fully saturated rings. The lowest BCUT2D eigenvalue weighted by Gasteiger charge is -2.40. The van der Waals surface area contributed by atoms with E-state index in [0.29, 0.717) is 11.3 Å². The maximum Gasteiger partial charge on any atom is 0.251 e. The van der Waals surface area contributed by atoms with Crippen molar-refractivity contribution in [2.45, 2.75) is 51.0 Å². The number of rotatable bonds is 4. The van der Waals surface area contributed by atoms with Crippen molar-refractivity contribution in [3.05, 3.63) is 64.1 Å². The van der Waals surface area contributed by atoms with E-state index in [1.165, 1.54) is 0 Å². The highest BCUT2D eigenvalue weighted by atomic mass is 79.9. The lowest BCUT2D eigenvalue weighted by atomic mass is 9.64. The first-order valence-corrected chi connectivity index (χ1v) is 9.99. The van der Waals surface area contributed by atoms with E-state index in [0.717, 1.165) is 29.3 Å². The number of hydrogen-bond acceptors (Lipinski definition) is 2. The van der Waals surface area contributed by atoms with E-state index in [2.05, 4.69) is 26.6 Å². The first-order chi connectivity index (χ1) is 12.7. The Morgan fingerprint density at radius 3 is 2.04 bits per heavy atom. The molecule has 2 N–H and O–H groups in total. The molecule has 0 radical (unpaired) electrons. The summed E-state index contributed by atoms with van der Waals surface area (Å²) in [6, 6.07) is 15.0. The largest absolute Gasteiger partial charge is 0.347 e. The van der Waals surface area contributed by atoms with E-state index in [4.69, 9.17) is 0 Å². The Hall–Kier alpha value is -2.14. The summed E-state index contributed by atoms with van der Waals surface area (Å²) in [6.07, 6.45) is 2.76. The van der Waals surface area contributed by atoms with Crippen LogP contribution in [0, 0.1) is 0 Å². The van der Waals surface area contributed by atoms with Crippen LogP contribution >= 0.6 is 15.9 Å². The smallest absolute Gasteiger partial charge is 0.251 e. The second-order valence-electron chi connectivity index (χ2n) is 8.18. The molecule has 5 heteroatoms. The summed E-state index contributed by atoms with van der Waals surface area (Å²) in [5.41, 5.74) is 1.59. The Morgan fingerprint density at radius 2 is 1.56 bits per heavy atom. The highest BCUT2D eigenvalue weighted by molar-refractivity contribution is 9.10. The van der Waals surface area contributed by atoms with Crippen molar-refractivity contribution in [3.8, 4) is 0 Å². The summed E-state index contributed by atoms with van der Waals surface area (Å²) in [4.78, 5) is 25.2. The van der Waals surface area contributed by atoms with Gasteiger partial charge < -0.3 is 10.6 Å². The molecule has 0 unspecified atom stereocenters. The van der Waals surface area contributed by atoms with Crippen LogP contribution in [0.25, 0.3) is 0 Å². The molecule has 2 aromatic carbocycles. The second kappa shape index (κ2) is 7.47. The number of halogens is 1. The molecule has 0 aliphatic heterocycles. The van der Waals surface area contributed by atoms with Crippen LogP contribution in [0.4, 0.5) is 5.69 Å². The molecule has 27 heavy (non-hydrogen) atoms. The highest BCUT2D eigenvalue weighted by Gasteiger charge is 2.45. The maximum atomic E-state index is 13.0. The Bertz CT molecular complexity index is 832. The lowest BCUT2D eigenvalue weighted by molar-refractivity contribution is -0.124. The highest BCUT2D eigenvalue weighted by Crippen LogP contribution is 2.44. The van der Waals surface area contributed by atoms with Crippen LogP contribution in [0.2, 0.25) is 0 Å². The van der Waals surface area contributed by atoms with Crippen LogP contribution in [0.3, 0.4) is 0 Å². The molecule has 0 aromatic heterocycles. The van der Waals surface area contributed by atoms with Crippen LogP contribution in [0.15, 0.2) is 53.0 Å². The second-order valence-corrected chi connectivity index (χ2v) is 9.09. The van der Waals surface area contributed by atoms with E-state index in [-0.39, 0.29) is 17.4 Å². The molecule has 0 atom stereocenters. The fourth-order valence-electron chi connectivity index (χ4n) is 3.31. The number of amides is 2. The van der Waals surface area contributed by atoms with Crippen LogP contribution < -0.4 is 10.6 Å². The third-order valence-electron chi connectivity index (χ3n) is 4.93. The van der Waals surface area contributed by atoms with E-state index in [9.17, 15) is 9.59 Å². The fraction of sp³-hybridized carbons (Fsp3) is 0.364. The van der Waals surface area contributed by atoms with Crippen LogP contribution in [-0.4, -0.2) is 17.4 Å². The molecular weight excluding hydrogens is 404 g/mol. The first kappa shape index (κ1) is 19.6. The van der Waals surface area contributed by atoms with E-state index in [1.54, 1.807) is 24.3 Å². The van der Waals surface area contributed by atoms with Gasteiger partial charge in [0, 0.05) is 21.3 Å². The van der Waals surface area contributed by atoms with Gasteiger partial charge >= 0.3 is 0 Å². The molecule has 3 rings (SSSR count). The molecule has 0 saturated heterocycles. The molecule has 0 bridgehead atoms. The number of anilines is 1. The fourth-order valence-corrected chi connectivity index (χ4v) is 3.58. The van der Waals surface area contributed by atoms with Gasteiger partial charge in [0.1, 0.15) is 0 Å². The zero-order chi connectivity index (χ0) is 19.7. The van der Waals surface area contributed by atoms with Crippen molar-refractivity contribution in [1.82, 2.24) is 5.32 Å². The first-order valence-electron chi connectivity index (χ1n) is 9.20. The van der Waals surface area contributed by atoms with Gasteiger partial charge in [0.15, 0.2) is 0 Å². The third kappa shape index (κ3) is 4.41. The van der Waals surface area contributed by atoms with E-state index < -0.39 is 5.41 Å². The molecule has 4 nitrogen and oxygen atoms in total. The minimum Gasteiger partial charge on any atom is -0.347 e. The van der Waals surface area contributed by atoms with Gasteiger partial charge in [0.05, 0.1) is 5.41 Å². The van der Waals surface area contributed by atoms with Crippen molar-refractivity contribution in [1.29, 1.82) is 0 Å². The van der Waals surface area contributed by atoms with Crippen LogP contribution in [0.5, 0.6) is 0 Å². The van der Waals surface area contributed by atoms with E-state index in [1.807, 2.05) is 45.0 Å². The summed E-state index contributed by atoms with van der Waals surface area (Å²) in [7, 11) is 0. The normalized spacial score (nSPS) is 15.6. The minimum atomic E-state index is -0.455. The summed E-state index contributed by atoms with van der Waals surface area (Å²) in [6.45, 7) is 5.83. The monoisotopic (exact) mass is 428 g/mol. The number of nitrogens with one attached hydrogen (secondary N) is 2. The molecule has 2 amide bonds. The predicted molar refractivity (Wildman–Crippen MR) is 112 cm³/mol. The predicted octanol–water partition coefficient (Wildman–Crippen LogP) is 5.04. The third-order valence-corrected chi connectivity index (χ3v) is 5.46. The Labute approximate surface area is 168 Å². The van der Waals surface area contributed by atoms with Crippen molar-refractivity contribution in [3.63, 3.8) is 0 Å². The topological polar surface area (TPSA) is 58.2 Å². The maximum absolute atomic E-state index is 13.0. The van der Waals surface area contributed by atoms with Crippen molar-refractivity contribution < 1.29 is 9.59 Å². The standard InChI is InChI=1S/C22H25BrN2O2/c1-21(2,3)25-19(26)15-5-11-18(12-6-15)24-20(27)22(13-4-14-22)16-7-9-17(23)10-8-16/h5-12H,4,13-14H2,1-3H3,(H,24,27)(H,25,26). The molecular formula is C22H25BrN2O2. The van der Waals surface area contributed by atoms with Crippen LogP contribution in [0.1, 0.15) is 56.0 Å². The van der Waals surface area contributed by atoms with E-state index >= 15 is 0 Å². The van der Waals surface area contributed by atoms with Gasteiger partial charge in [-0.25, -0.2) is 0 Å². The van der Waals surface area contributed by atoms with Gasteiger partial charge in [0.25, 0.3) is 5.91 Å². The zero-order valence-corrected chi connectivity index (χ0v) is 17.5. The summed E-state index contributed by atoms with van der Waals surface area (Å²) >= 11 is 3.45. The average Bonchev–Trinajstić information content (AvgIpc) is 2.54. The number of hydrogen-bond donors (Lipinski definition) is 2. The summed E-state index contributed by atoms with van der Waals surface area (Å²) < 4.78 is 1.00. The minimum absolute atomic E-state index is 0.0166. The lowest BCUT2D eigenvalue weighted by Crippen LogP contribution is -2.46. The molecule has 1 aliphatic rings. The van der Waals surface area contributed by atoms with Gasteiger partial charge in [-0.15, -0.1) is 0 Å². The molecule has 1 aliphatic carbocycles. The summed E-state index contributed by atoms with van der Waals surface area (Å²) in [5.74, 6) is -0.103. The Morgan fingerprint density at radius 1 is 0.963 bits per heavy atom. The molecule has 0 heterocycles. The molecule has 1 saturated carbocycles. The van der Waals surface area contributed by atoms with Crippen molar-refractivity contribution in [2.24, 2.45) is 0 Å². The molecule has 2 aromatic rings. The summed E-state index contributed by atoms with van der Waals surface area (Å²) in [5, 5.41) is 5.96. The number of carbonyl (C=O) groups excluding carboxylic acids is 2. The number of benzene rings is 2.